The zero-order chi connectivity index (χ0) is 19.1. The first-order valence-electron chi connectivity index (χ1n) is 8.87. The third kappa shape index (κ3) is 6.81. The normalized spacial score (nSPS) is 10.0. The van der Waals surface area contributed by atoms with E-state index >= 15 is 0 Å². The van der Waals surface area contributed by atoms with Gasteiger partial charge in [0.25, 0.3) is 0 Å². The number of nitrogens with one attached hydrogen (secondary N) is 2. The number of aromatic nitrogens is 2. The van der Waals surface area contributed by atoms with Gasteiger partial charge in [-0.3, -0.25) is 4.79 Å². The molecule has 158 valence electrons. The summed E-state index contributed by atoms with van der Waals surface area (Å²) < 4.78 is 13.2. The van der Waals surface area contributed by atoms with Crippen molar-refractivity contribution >= 4 is 42.1 Å². The molecule has 0 aliphatic carbocycles. The van der Waals surface area contributed by atoms with Gasteiger partial charge in [-0.05, 0) is 44.3 Å². The van der Waals surface area contributed by atoms with Gasteiger partial charge in [-0.1, -0.05) is 6.07 Å². The Labute approximate surface area is 182 Å². The van der Waals surface area contributed by atoms with Crippen LogP contribution in [0, 0.1) is 0 Å². The highest BCUT2D eigenvalue weighted by Gasteiger charge is 2.10. The number of anilines is 1. The first-order valence-corrected chi connectivity index (χ1v) is 8.87. The lowest BCUT2D eigenvalue weighted by Crippen LogP contribution is -2.15. The number of methoxy groups -OCH3 is 1. The Bertz CT molecular complexity index is 885. The van der Waals surface area contributed by atoms with Crippen molar-refractivity contribution in [2.75, 3.05) is 26.0 Å². The minimum absolute atomic E-state index is 0. The quantitative estimate of drug-likeness (QED) is 0.496. The van der Waals surface area contributed by atoms with Gasteiger partial charge in [0.1, 0.15) is 12.3 Å². The van der Waals surface area contributed by atoms with Crippen LogP contribution in [0.15, 0.2) is 48.8 Å². The van der Waals surface area contributed by atoms with E-state index in [-0.39, 0.29) is 30.7 Å². The smallest absolute Gasteiger partial charge is 0.224 e. The summed E-state index contributed by atoms with van der Waals surface area (Å²) in [5.41, 5.74) is 2.35. The molecule has 1 aromatic carbocycles. The Kier molecular flexibility index (Phi) is 10.3. The fraction of sp³-hybridized carbons (Fsp3) is 0.300. The highest BCUT2D eigenvalue weighted by atomic mass is 35.5. The molecule has 0 atom stereocenters. The number of halogens is 2. The molecule has 9 heteroatoms. The molecule has 2 aromatic heterocycles. The highest BCUT2D eigenvalue weighted by molar-refractivity contribution is 5.91. The van der Waals surface area contributed by atoms with E-state index in [1.807, 2.05) is 42.0 Å². The maximum absolute atomic E-state index is 12.0. The second kappa shape index (κ2) is 12.2. The summed E-state index contributed by atoms with van der Waals surface area (Å²) in [6, 6.07) is 11.2. The first-order chi connectivity index (χ1) is 13.2. The number of rotatable bonds is 9. The zero-order valence-electron chi connectivity index (χ0n) is 16.4. The predicted octanol–water partition coefficient (Wildman–Crippen LogP) is 3.70. The van der Waals surface area contributed by atoms with Crippen LogP contribution in [0.25, 0.3) is 5.65 Å². The van der Waals surface area contributed by atoms with E-state index < -0.39 is 0 Å². The van der Waals surface area contributed by atoms with Gasteiger partial charge in [-0.15, -0.1) is 24.8 Å². The summed E-state index contributed by atoms with van der Waals surface area (Å²) in [5, 5.41) is 5.92. The number of hydrogen-bond acceptors (Lipinski definition) is 5. The molecule has 29 heavy (non-hydrogen) atoms. The summed E-state index contributed by atoms with van der Waals surface area (Å²) in [5.74, 6) is 1.14. The lowest BCUT2D eigenvalue weighted by Gasteiger charge is -2.12. The molecule has 0 saturated carbocycles. The van der Waals surface area contributed by atoms with Gasteiger partial charge in [-0.2, -0.15) is 0 Å². The van der Waals surface area contributed by atoms with Gasteiger partial charge in [0.2, 0.25) is 5.91 Å². The molecule has 7 nitrogen and oxygen atoms in total. The van der Waals surface area contributed by atoms with Gasteiger partial charge in [0.05, 0.1) is 12.8 Å². The van der Waals surface area contributed by atoms with Crippen molar-refractivity contribution in [2.45, 2.75) is 19.4 Å². The van der Waals surface area contributed by atoms with Crippen molar-refractivity contribution in [3.8, 4) is 11.5 Å². The van der Waals surface area contributed by atoms with Crippen LogP contribution in [0.1, 0.15) is 18.5 Å². The standard InChI is InChI=1S/C20H24N4O3.2ClH/c1-21-10-5-7-20(25)23-15-8-9-17(26-2)18(12-15)27-14-16-13-24-11-4-3-6-19(24)22-16;;/h3-4,6,8-9,11-13,21H,5,7,10,14H2,1-2H3,(H,23,25);2*1H. The summed E-state index contributed by atoms with van der Waals surface area (Å²) in [4.78, 5) is 16.5. The fourth-order valence-electron chi connectivity index (χ4n) is 2.72. The number of nitrogens with zero attached hydrogens (tertiary/aromatic N) is 2. The molecule has 0 bridgehead atoms. The monoisotopic (exact) mass is 440 g/mol. The van der Waals surface area contributed by atoms with Crippen LogP contribution in [0.2, 0.25) is 0 Å². The number of hydrogen-bond donors (Lipinski definition) is 2. The summed E-state index contributed by atoms with van der Waals surface area (Å²) in [6.07, 6.45) is 5.12. The topological polar surface area (TPSA) is 76.9 Å². The second-order valence-electron chi connectivity index (χ2n) is 6.11. The van der Waals surface area contributed by atoms with E-state index in [1.165, 1.54) is 0 Å². The molecular weight excluding hydrogens is 415 g/mol. The Morgan fingerprint density at radius 3 is 2.72 bits per heavy atom. The molecule has 0 saturated heterocycles. The van der Waals surface area contributed by atoms with Crippen LogP contribution < -0.4 is 20.1 Å². The maximum atomic E-state index is 12.0. The number of fused-ring (bicyclic) bond motifs is 1. The molecule has 0 radical (unpaired) electrons. The van der Waals surface area contributed by atoms with E-state index in [4.69, 9.17) is 9.47 Å². The van der Waals surface area contributed by atoms with E-state index in [1.54, 1.807) is 25.3 Å². The summed E-state index contributed by atoms with van der Waals surface area (Å²) in [7, 11) is 3.46. The van der Waals surface area contributed by atoms with Crippen LogP contribution in [-0.4, -0.2) is 36.0 Å². The average molecular weight is 441 g/mol. The van der Waals surface area contributed by atoms with Gasteiger partial charge < -0.3 is 24.5 Å². The van der Waals surface area contributed by atoms with E-state index in [0.29, 0.717) is 30.2 Å². The van der Waals surface area contributed by atoms with Crippen molar-refractivity contribution < 1.29 is 14.3 Å². The van der Waals surface area contributed by atoms with Crippen LogP contribution in [0.5, 0.6) is 11.5 Å². The average Bonchev–Trinajstić information content (AvgIpc) is 3.10. The van der Waals surface area contributed by atoms with Crippen molar-refractivity contribution in [1.82, 2.24) is 14.7 Å². The van der Waals surface area contributed by atoms with E-state index in [2.05, 4.69) is 15.6 Å². The minimum Gasteiger partial charge on any atom is -0.493 e. The van der Waals surface area contributed by atoms with E-state index in [9.17, 15) is 4.79 Å². The van der Waals surface area contributed by atoms with Gasteiger partial charge in [0.15, 0.2) is 11.5 Å². The Balaban J connectivity index is 0.00000210. The van der Waals surface area contributed by atoms with Gasteiger partial charge in [0, 0.05) is 30.6 Å². The molecule has 2 heterocycles. The molecular formula is C20H26Cl2N4O3. The fourth-order valence-corrected chi connectivity index (χ4v) is 2.72. The highest BCUT2D eigenvalue weighted by Crippen LogP contribution is 2.31. The molecule has 0 unspecified atom stereocenters. The molecule has 0 aliphatic heterocycles. The van der Waals surface area contributed by atoms with Crippen molar-refractivity contribution in [1.29, 1.82) is 0 Å². The Morgan fingerprint density at radius 2 is 2.00 bits per heavy atom. The molecule has 3 aromatic rings. The lowest BCUT2D eigenvalue weighted by atomic mass is 10.2. The summed E-state index contributed by atoms with van der Waals surface area (Å²) >= 11 is 0. The third-order valence-electron chi connectivity index (χ3n) is 4.07. The van der Waals surface area contributed by atoms with Gasteiger partial charge >= 0.3 is 0 Å². The zero-order valence-corrected chi connectivity index (χ0v) is 18.0. The maximum Gasteiger partial charge on any atom is 0.224 e. The van der Waals surface area contributed by atoms with Crippen LogP contribution in [0.4, 0.5) is 5.69 Å². The third-order valence-corrected chi connectivity index (χ3v) is 4.07. The van der Waals surface area contributed by atoms with Gasteiger partial charge in [-0.25, -0.2) is 4.98 Å². The molecule has 0 spiro atoms. The number of benzene rings is 1. The number of carbonyl (C=O) groups excluding carboxylic acids is 1. The van der Waals surface area contributed by atoms with Crippen LogP contribution in [0.3, 0.4) is 0 Å². The predicted molar refractivity (Wildman–Crippen MR) is 119 cm³/mol. The number of imidazole rings is 1. The Morgan fingerprint density at radius 1 is 1.17 bits per heavy atom. The van der Waals surface area contributed by atoms with Crippen molar-refractivity contribution in [3.63, 3.8) is 0 Å². The minimum atomic E-state index is -0.0262. The molecule has 1 amide bonds. The first kappa shape index (κ1) is 24.6. The largest absolute Gasteiger partial charge is 0.493 e. The molecule has 0 aliphatic rings. The summed E-state index contributed by atoms with van der Waals surface area (Å²) in [6.45, 7) is 1.11. The lowest BCUT2D eigenvalue weighted by molar-refractivity contribution is -0.116. The second-order valence-corrected chi connectivity index (χ2v) is 6.11. The molecule has 2 N–H and O–H groups in total. The molecule has 3 rings (SSSR count). The number of amides is 1. The number of carbonyl (C=O) groups is 1. The van der Waals surface area contributed by atoms with Crippen LogP contribution in [-0.2, 0) is 11.4 Å². The van der Waals surface area contributed by atoms with Crippen molar-refractivity contribution in [2.24, 2.45) is 0 Å². The van der Waals surface area contributed by atoms with Crippen LogP contribution >= 0.6 is 24.8 Å². The SMILES string of the molecule is CNCCCC(=O)Nc1ccc(OC)c(OCc2cn3ccccc3n2)c1.Cl.Cl. The number of ether oxygens (including phenoxy) is 2. The molecule has 0 fully saturated rings. The Hall–Kier alpha value is -2.48. The van der Waals surface area contributed by atoms with Crippen molar-refractivity contribution in [3.05, 3.63) is 54.5 Å². The number of pyridine rings is 1. The van der Waals surface area contributed by atoms with E-state index in [0.717, 1.165) is 24.3 Å².